The average Bonchev–Trinajstić information content (AvgIpc) is 2.85. The van der Waals surface area contributed by atoms with Crippen molar-refractivity contribution in [1.82, 2.24) is 4.98 Å². The van der Waals surface area contributed by atoms with Crippen LogP contribution >= 0.6 is 27.3 Å². The van der Waals surface area contributed by atoms with Crippen LogP contribution in [0.1, 0.15) is 18.5 Å². The summed E-state index contributed by atoms with van der Waals surface area (Å²) in [6.07, 6.45) is 2.68. The first-order chi connectivity index (χ1) is 6.31. The van der Waals surface area contributed by atoms with Crippen molar-refractivity contribution in [3.8, 4) is 0 Å². The first kappa shape index (κ1) is 9.46. The van der Waals surface area contributed by atoms with E-state index in [0.717, 1.165) is 23.6 Å². The quantitative estimate of drug-likeness (QED) is 0.775. The Hall–Kier alpha value is -0.0900. The van der Waals surface area contributed by atoms with Gasteiger partial charge in [0.15, 0.2) is 5.13 Å². The van der Waals surface area contributed by atoms with Gasteiger partial charge in [0.05, 0.1) is 5.69 Å². The fourth-order valence-electron chi connectivity index (χ4n) is 1.39. The van der Waals surface area contributed by atoms with Gasteiger partial charge < -0.3 is 4.90 Å². The molecule has 1 heterocycles. The Labute approximate surface area is 91.1 Å². The Morgan fingerprint density at radius 2 is 2.46 bits per heavy atom. The van der Waals surface area contributed by atoms with E-state index in [0.29, 0.717) is 0 Å². The zero-order valence-corrected chi connectivity index (χ0v) is 10.1. The molecule has 0 aliphatic heterocycles. The Morgan fingerprint density at radius 3 is 2.92 bits per heavy atom. The molecular formula is C9H13BrN2S. The molecule has 1 fully saturated rings. The van der Waals surface area contributed by atoms with Crippen LogP contribution in [0, 0.1) is 6.92 Å². The highest BCUT2D eigenvalue weighted by Gasteiger charge is 2.30. The van der Waals surface area contributed by atoms with E-state index < -0.39 is 0 Å². The predicted molar refractivity (Wildman–Crippen MR) is 61.0 cm³/mol. The van der Waals surface area contributed by atoms with Gasteiger partial charge in [0.1, 0.15) is 0 Å². The molecule has 0 spiro atoms. The Kier molecular flexibility index (Phi) is 2.89. The lowest BCUT2D eigenvalue weighted by molar-refractivity contribution is 0.827. The molecule has 2 nitrogen and oxygen atoms in total. The van der Waals surface area contributed by atoms with Crippen LogP contribution in [-0.4, -0.2) is 22.9 Å². The van der Waals surface area contributed by atoms with Gasteiger partial charge in [0.25, 0.3) is 0 Å². The predicted octanol–water partition coefficient (Wildman–Crippen LogP) is 2.82. The SMILES string of the molecule is Cc1csc(N(CCBr)C2CC2)n1. The van der Waals surface area contributed by atoms with Gasteiger partial charge in [-0.2, -0.15) is 0 Å². The summed E-state index contributed by atoms with van der Waals surface area (Å²) >= 11 is 5.25. The summed E-state index contributed by atoms with van der Waals surface area (Å²) in [5.41, 5.74) is 1.14. The Morgan fingerprint density at radius 1 is 1.69 bits per heavy atom. The standard InChI is InChI=1S/C9H13BrN2S/c1-7-6-13-9(11-7)12(5-4-10)8-2-3-8/h6,8H,2-5H2,1H3. The lowest BCUT2D eigenvalue weighted by atomic mass is 10.5. The van der Waals surface area contributed by atoms with Crippen LogP contribution in [0.25, 0.3) is 0 Å². The highest BCUT2D eigenvalue weighted by Crippen LogP contribution is 2.33. The molecule has 0 N–H and O–H groups in total. The molecule has 0 unspecified atom stereocenters. The normalized spacial score (nSPS) is 16.2. The lowest BCUT2D eigenvalue weighted by Gasteiger charge is -2.19. The van der Waals surface area contributed by atoms with E-state index in [1.165, 1.54) is 18.0 Å². The molecule has 72 valence electrons. The number of hydrogen-bond donors (Lipinski definition) is 0. The van der Waals surface area contributed by atoms with E-state index in [1.807, 2.05) is 0 Å². The number of hydrogen-bond acceptors (Lipinski definition) is 3. The molecule has 0 amide bonds. The molecule has 1 aliphatic rings. The monoisotopic (exact) mass is 260 g/mol. The molecule has 1 aliphatic carbocycles. The molecule has 1 saturated carbocycles. The number of halogens is 1. The number of thiazole rings is 1. The van der Waals surface area contributed by atoms with E-state index in [4.69, 9.17) is 0 Å². The summed E-state index contributed by atoms with van der Waals surface area (Å²) in [5, 5.41) is 4.35. The number of nitrogens with zero attached hydrogens (tertiary/aromatic N) is 2. The van der Waals surface area contributed by atoms with Crippen molar-refractivity contribution in [3.05, 3.63) is 11.1 Å². The van der Waals surface area contributed by atoms with Crippen LogP contribution in [0.15, 0.2) is 5.38 Å². The van der Waals surface area contributed by atoms with Crippen LogP contribution in [0.4, 0.5) is 5.13 Å². The lowest BCUT2D eigenvalue weighted by Crippen LogP contribution is -2.27. The van der Waals surface area contributed by atoms with Crippen molar-refractivity contribution < 1.29 is 0 Å². The van der Waals surface area contributed by atoms with Crippen LogP contribution in [0.3, 0.4) is 0 Å². The molecule has 13 heavy (non-hydrogen) atoms. The number of aromatic nitrogens is 1. The van der Waals surface area contributed by atoms with Gasteiger partial charge in [0, 0.05) is 23.3 Å². The molecule has 0 saturated heterocycles. The van der Waals surface area contributed by atoms with Crippen LogP contribution in [0.2, 0.25) is 0 Å². The number of aryl methyl sites for hydroxylation is 1. The summed E-state index contributed by atoms with van der Waals surface area (Å²) < 4.78 is 0. The number of anilines is 1. The van der Waals surface area contributed by atoms with E-state index in [-0.39, 0.29) is 0 Å². The highest BCUT2D eigenvalue weighted by atomic mass is 79.9. The van der Waals surface area contributed by atoms with Crippen molar-refractivity contribution in [2.75, 3.05) is 16.8 Å². The van der Waals surface area contributed by atoms with Gasteiger partial charge >= 0.3 is 0 Å². The first-order valence-electron chi connectivity index (χ1n) is 4.56. The topological polar surface area (TPSA) is 16.1 Å². The zero-order valence-electron chi connectivity index (χ0n) is 7.66. The number of rotatable bonds is 4. The summed E-state index contributed by atoms with van der Waals surface area (Å²) in [5.74, 6) is 0. The second-order valence-corrected chi connectivity index (χ2v) is 5.01. The molecule has 2 rings (SSSR count). The van der Waals surface area contributed by atoms with Gasteiger partial charge in [-0.1, -0.05) is 15.9 Å². The van der Waals surface area contributed by atoms with Crippen molar-refractivity contribution in [3.63, 3.8) is 0 Å². The molecule has 0 aromatic carbocycles. The van der Waals surface area contributed by atoms with Gasteiger partial charge in [-0.15, -0.1) is 11.3 Å². The molecule has 1 aromatic heterocycles. The van der Waals surface area contributed by atoms with Gasteiger partial charge in [0.2, 0.25) is 0 Å². The average molecular weight is 261 g/mol. The second kappa shape index (κ2) is 3.96. The fourth-order valence-corrected chi connectivity index (χ4v) is 2.67. The summed E-state index contributed by atoms with van der Waals surface area (Å²) in [4.78, 5) is 6.94. The van der Waals surface area contributed by atoms with Crippen LogP contribution in [-0.2, 0) is 0 Å². The van der Waals surface area contributed by atoms with Gasteiger partial charge in [-0.05, 0) is 19.8 Å². The highest BCUT2D eigenvalue weighted by molar-refractivity contribution is 9.09. The van der Waals surface area contributed by atoms with E-state index in [9.17, 15) is 0 Å². The van der Waals surface area contributed by atoms with Gasteiger partial charge in [-0.25, -0.2) is 4.98 Å². The smallest absolute Gasteiger partial charge is 0.185 e. The zero-order chi connectivity index (χ0) is 9.26. The van der Waals surface area contributed by atoms with E-state index in [1.54, 1.807) is 11.3 Å². The van der Waals surface area contributed by atoms with E-state index >= 15 is 0 Å². The van der Waals surface area contributed by atoms with Crippen molar-refractivity contribution >= 4 is 32.4 Å². The van der Waals surface area contributed by atoms with Crippen molar-refractivity contribution in [1.29, 1.82) is 0 Å². The molecule has 4 heteroatoms. The third-order valence-electron chi connectivity index (χ3n) is 2.17. The molecular weight excluding hydrogens is 248 g/mol. The molecule has 0 radical (unpaired) electrons. The molecule has 1 aromatic rings. The summed E-state index contributed by atoms with van der Waals surface area (Å²) in [6, 6.07) is 0.767. The minimum atomic E-state index is 0.767. The maximum absolute atomic E-state index is 4.51. The Bertz CT molecular complexity index is 283. The maximum atomic E-state index is 4.51. The summed E-state index contributed by atoms with van der Waals surface area (Å²) in [7, 11) is 0. The van der Waals surface area contributed by atoms with Crippen molar-refractivity contribution in [2.45, 2.75) is 25.8 Å². The minimum Gasteiger partial charge on any atom is -0.344 e. The fraction of sp³-hybridized carbons (Fsp3) is 0.667. The van der Waals surface area contributed by atoms with Gasteiger partial charge in [-0.3, -0.25) is 0 Å². The first-order valence-corrected chi connectivity index (χ1v) is 6.56. The molecule has 0 atom stereocenters. The van der Waals surface area contributed by atoms with Crippen LogP contribution in [0.5, 0.6) is 0 Å². The van der Waals surface area contributed by atoms with Crippen LogP contribution < -0.4 is 4.90 Å². The number of alkyl halides is 1. The van der Waals surface area contributed by atoms with E-state index in [2.05, 4.69) is 38.1 Å². The third kappa shape index (κ3) is 2.23. The maximum Gasteiger partial charge on any atom is 0.185 e. The summed E-state index contributed by atoms with van der Waals surface area (Å²) in [6.45, 7) is 3.14. The second-order valence-electron chi connectivity index (χ2n) is 3.39. The van der Waals surface area contributed by atoms with Crippen molar-refractivity contribution in [2.24, 2.45) is 0 Å². The Balaban J connectivity index is 2.10. The largest absolute Gasteiger partial charge is 0.344 e. The molecule has 0 bridgehead atoms. The minimum absolute atomic E-state index is 0.767. The third-order valence-corrected chi connectivity index (χ3v) is 3.52.